The van der Waals surface area contributed by atoms with Crippen LogP contribution < -0.4 is 5.73 Å². The van der Waals surface area contributed by atoms with Crippen LogP contribution in [0, 0.1) is 17.7 Å². The monoisotopic (exact) mass is 292 g/mol. The molecule has 1 fully saturated rings. The van der Waals surface area contributed by atoms with Crippen LogP contribution in [0.1, 0.15) is 32.3 Å². The summed E-state index contributed by atoms with van der Waals surface area (Å²) in [6.07, 6.45) is 2.83. The van der Waals surface area contributed by atoms with Gasteiger partial charge in [0.15, 0.2) is 0 Å². The fraction of sp³-hybridized carbons (Fsp3) is 0.588. The number of carbonyl (C=O) groups is 1. The standard InChI is InChI=1S/C17H25FN2O/c1-12-4-3-9-20(16(12)11-19)17(21)13(2)10-14-5-7-15(18)8-6-14/h5-8,12-13,16H,3-4,9-11,19H2,1-2H3. The Labute approximate surface area is 126 Å². The van der Waals surface area contributed by atoms with E-state index in [1.54, 1.807) is 12.1 Å². The van der Waals surface area contributed by atoms with E-state index in [1.165, 1.54) is 12.1 Å². The van der Waals surface area contributed by atoms with Gasteiger partial charge < -0.3 is 10.6 Å². The number of likely N-dealkylation sites (tertiary alicyclic amines) is 1. The van der Waals surface area contributed by atoms with Crippen LogP contribution in [0.3, 0.4) is 0 Å². The summed E-state index contributed by atoms with van der Waals surface area (Å²) in [6, 6.07) is 6.54. The van der Waals surface area contributed by atoms with Gasteiger partial charge in [-0.15, -0.1) is 0 Å². The highest BCUT2D eigenvalue weighted by Gasteiger charge is 2.32. The zero-order valence-corrected chi connectivity index (χ0v) is 12.9. The van der Waals surface area contributed by atoms with E-state index in [9.17, 15) is 9.18 Å². The molecule has 1 saturated heterocycles. The van der Waals surface area contributed by atoms with Crippen LogP contribution in [0.4, 0.5) is 4.39 Å². The zero-order valence-electron chi connectivity index (χ0n) is 12.9. The molecule has 116 valence electrons. The maximum absolute atomic E-state index is 12.9. The third-order valence-electron chi connectivity index (χ3n) is 4.52. The smallest absolute Gasteiger partial charge is 0.226 e. The van der Waals surface area contributed by atoms with Gasteiger partial charge in [0.1, 0.15) is 5.82 Å². The topological polar surface area (TPSA) is 46.3 Å². The molecule has 3 atom stereocenters. The van der Waals surface area contributed by atoms with Gasteiger partial charge in [0.05, 0.1) is 0 Å². The number of piperidine rings is 1. The predicted molar refractivity (Wildman–Crippen MR) is 82.2 cm³/mol. The quantitative estimate of drug-likeness (QED) is 0.927. The van der Waals surface area contributed by atoms with Gasteiger partial charge in [0.25, 0.3) is 0 Å². The molecule has 0 bridgehead atoms. The number of benzene rings is 1. The van der Waals surface area contributed by atoms with Gasteiger partial charge in [0, 0.05) is 25.0 Å². The first-order chi connectivity index (χ1) is 10.0. The van der Waals surface area contributed by atoms with E-state index in [0.717, 1.165) is 24.9 Å². The fourth-order valence-electron chi connectivity index (χ4n) is 3.23. The average molecular weight is 292 g/mol. The van der Waals surface area contributed by atoms with E-state index in [0.29, 0.717) is 18.9 Å². The third-order valence-corrected chi connectivity index (χ3v) is 4.52. The number of nitrogens with zero attached hydrogens (tertiary/aromatic N) is 1. The summed E-state index contributed by atoms with van der Waals surface area (Å²) in [5.41, 5.74) is 6.85. The number of amides is 1. The lowest BCUT2D eigenvalue weighted by atomic mass is 9.89. The molecule has 1 aliphatic rings. The first-order valence-corrected chi connectivity index (χ1v) is 7.78. The maximum Gasteiger partial charge on any atom is 0.226 e. The Hall–Kier alpha value is -1.42. The summed E-state index contributed by atoms with van der Waals surface area (Å²) in [7, 11) is 0. The normalized spacial score (nSPS) is 23.9. The van der Waals surface area contributed by atoms with Crippen molar-refractivity contribution in [3.63, 3.8) is 0 Å². The van der Waals surface area contributed by atoms with Gasteiger partial charge in [-0.05, 0) is 42.9 Å². The molecule has 21 heavy (non-hydrogen) atoms. The largest absolute Gasteiger partial charge is 0.338 e. The van der Waals surface area contributed by atoms with Crippen molar-refractivity contribution in [2.45, 2.75) is 39.2 Å². The minimum Gasteiger partial charge on any atom is -0.338 e. The van der Waals surface area contributed by atoms with E-state index in [4.69, 9.17) is 5.73 Å². The van der Waals surface area contributed by atoms with Gasteiger partial charge in [-0.25, -0.2) is 4.39 Å². The van der Waals surface area contributed by atoms with Crippen molar-refractivity contribution in [3.8, 4) is 0 Å². The molecule has 0 aliphatic carbocycles. The van der Waals surface area contributed by atoms with Gasteiger partial charge in [-0.3, -0.25) is 4.79 Å². The molecular weight excluding hydrogens is 267 g/mol. The van der Waals surface area contributed by atoms with Crippen LogP contribution >= 0.6 is 0 Å². The number of carbonyl (C=O) groups excluding carboxylic acids is 1. The Kier molecular flexibility index (Phi) is 5.34. The lowest BCUT2D eigenvalue weighted by Gasteiger charge is -2.40. The lowest BCUT2D eigenvalue weighted by Crippen LogP contribution is -2.53. The van der Waals surface area contributed by atoms with Crippen LogP contribution in [0.15, 0.2) is 24.3 Å². The summed E-state index contributed by atoms with van der Waals surface area (Å²) >= 11 is 0. The number of rotatable bonds is 4. The summed E-state index contributed by atoms with van der Waals surface area (Å²) in [5.74, 6) is 0.285. The number of nitrogens with two attached hydrogens (primary N) is 1. The van der Waals surface area contributed by atoms with Crippen molar-refractivity contribution < 1.29 is 9.18 Å². The second-order valence-electron chi connectivity index (χ2n) is 6.19. The first kappa shape index (κ1) is 16.0. The third kappa shape index (κ3) is 3.82. The van der Waals surface area contributed by atoms with E-state index in [1.807, 2.05) is 11.8 Å². The summed E-state index contributed by atoms with van der Waals surface area (Å²) < 4.78 is 12.9. The van der Waals surface area contributed by atoms with E-state index in [-0.39, 0.29) is 23.7 Å². The predicted octanol–water partition coefficient (Wildman–Crippen LogP) is 2.59. The van der Waals surface area contributed by atoms with Crippen molar-refractivity contribution in [1.29, 1.82) is 0 Å². The molecule has 0 aromatic heterocycles. The highest BCUT2D eigenvalue weighted by molar-refractivity contribution is 5.79. The Morgan fingerprint density at radius 3 is 2.71 bits per heavy atom. The van der Waals surface area contributed by atoms with Crippen molar-refractivity contribution in [2.75, 3.05) is 13.1 Å². The van der Waals surface area contributed by atoms with Gasteiger partial charge in [-0.2, -0.15) is 0 Å². The van der Waals surface area contributed by atoms with Gasteiger partial charge in [0.2, 0.25) is 5.91 Å². The molecule has 0 spiro atoms. The molecular formula is C17H25FN2O. The van der Waals surface area contributed by atoms with Crippen molar-refractivity contribution in [1.82, 2.24) is 4.90 Å². The van der Waals surface area contributed by atoms with Crippen LogP contribution in [0.5, 0.6) is 0 Å². The highest BCUT2D eigenvalue weighted by atomic mass is 19.1. The van der Waals surface area contributed by atoms with Crippen molar-refractivity contribution >= 4 is 5.91 Å². The molecule has 3 nitrogen and oxygen atoms in total. The van der Waals surface area contributed by atoms with E-state index < -0.39 is 0 Å². The molecule has 1 amide bonds. The van der Waals surface area contributed by atoms with Crippen molar-refractivity contribution in [3.05, 3.63) is 35.6 Å². The lowest BCUT2D eigenvalue weighted by molar-refractivity contribution is -0.139. The van der Waals surface area contributed by atoms with Crippen LogP contribution in [0.2, 0.25) is 0 Å². The maximum atomic E-state index is 12.9. The second-order valence-corrected chi connectivity index (χ2v) is 6.19. The zero-order chi connectivity index (χ0) is 15.4. The molecule has 2 rings (SSSR count). The molecule has 1 heterocycles. The minimum atomic E-state index is -0.245. The van der Waals surface area contributed by atoms with Crippen LogP contribution in [-0.4, -0.2) is 29.9 Å². The Bertz CT molecular complexity index is 474. The molecule has 0 saturated carbocycles. The number of halogens is 1. The Morgan fingerprint density at radius 1 is 1.43 bits per heavy atom. The molecule has 2 N–H and O–H groups in total. The van der Waals surface area contributed by atoms with Gasteiger partial charge >= 0.3 is 0 Å². The summed E-state index contributed by atoms with van der Waals surface area (Å²) in [6.45, 7) is 5.44. The SMILES string of the molecule is CC(Cc1ccc(F)cc1)C(=O)N1CCCC(C)C1CN. The number of hydrogen-bond acceptors (Lipinski definition) is 2. The average Bonchev–Trinajstić information content (AvgIpc) is 2.48. The number of hydrogen-bond donors (Lipinski definition) is 1. The second kappa shape index (κ2) is 7.03. The molecule has 3 unspecified atom stereocenters. The van der Waals surface area contributed by atoms with E-state index in [2.05, 4.69) is 6.92 Å². The van der Waals surface area contributed by atoms with Crippen molar-refractivity contribution in [2.24, 2.45) is 17.6 Å². The Balaban J connectivity index is 2.02. The fourth-order valence-corrected chi connectivity index (χ4v) is 3.23. The molecule has 4 heteroatoms. The Morgan fingerprint density at radius 2 is 2.10 bits per heavy atom. The molecule has 1 aromatic carbocycles. The minimum absolute atomic E-state index is 0.102. The van der Waals surface area contributed by atoms with E-state index >= 15 is 0 Å². The first-order valence-electron chi connectivity index (χ1n) is 7.78. The van der Waals surface area contributed by atoms with Crippen LogP contribution in [-0.2, 0) is 11.2 Å². The molecule has 1 aromatic rings. The molecule has 1 aliphatic heterocycles. The van der Waals surface area contributed by atoms with Gasteiger partial charge in [-0.1, -0.05) is 26.0 Å². The summed E-state index contributed by atoms with van der Waals surface area (Å²) in [5, 5.41) is 0. The summed E-state index contributed by atoms with van der Waals surface area (Å²) in [4.78, 5) is 14.6. The molecule has 0 radical (unpaired) electrons. The van der Waals surface area contributed by atoms with Crippen LogP contribution in [0.25, 0.3) is 0 Å². The highest BCUT2D eigenvalue weighted by Crippen LogP contribution is 2.25.